The third-order valence-corrected chi connectivity index (χ3v) is 5.09. The number of ether oxygens (including phenoxy) is 1. The van der Waals surface area contributed by atoms with Crippen LogP contribution in [0.25, 0.3) is 0 Å². The Morgan fingerprint density at radius 3 is 2.70 bits per heavy atom. The fraction of sp³-hybridized carbons (Fsp3) is 0.625. The van der Waals surface area contributed by atoms with Crippen LogP contribution in [0.3, 0.4) is 0 Å². The molecule has 0 spiro atoms. The van der Waals surface area contributed by atoms with E-state index in [2.05, 4.69) is 43.9 Å². The average molecular weight is 339 g/mol. The lowest BCUT2D eigenvalue weighted by Crippen LogP contribution is -2.38. The largest absolute Gasteiger partial charge is 0.379 e. The number of fused-ring (bicyclic) bond motifs is 1. The van der Waals surface area contributed by atoms with Gasteiger partial charge in [0.25, 0.3) is 0 Å². The number of halogens is 1. The lowest BCUT2D eigenvalue weighted by atomic mass is 10.00. The van der Waals surface area contributed by atoms with Crippen molar-refractivity contribution in [1.29, 1.82) is 0 Å². The SMILES string of the molecule is Brc1cccc2c1CN(CCCN1CCOCC1)CC2. The number of hydrogen-bond acceptors (Lipinski definition) is 3. The molecular weight excluding hydrogens is 316 g/mol. The smallest absolute Gasteiger partial charge is 0.0594 e. The van der Waals surface area contributed by atoms with Crippen LogP contribution in [0.1, 0.15) is 17.5 Å². The zero-order valence-corrected chi connectivity index (χ0v) is 13.6. The molecule has 0 atom stereocenters. The highest BCUT2D eigenvalue weighted by Gasteiger charge is 2.18. The first-order chi connectivity index (χ1) is 9.83. The van der Waals surface area contributed by atoms with Crippen molar-refractivity contribution >= 4 is 15.9 Å². The maximum Gasteiger partial charge on any atom is 0.0594 e. The molecule has 0 radical (unpaired) electrons. The summed E-state index contributed by atoms with van der Waals surface area (Å²) >= 11 is 3.69. The van der Waals surface area contributed by atoms with E-state index in [0.29, 0.717) is 0 Å². The minimum Gasteiger partial charge on any atom is -0.379 e. The topological polar surface area (TPSA) is 15.7 Å². The Morgan fingerprint density at radius 1 is 1.05 bits per heavy atom. The summed E-state index contributed by atoms with van der Waals surface area (Å²) in [6.07, 6.45) is 2.45. The van der Waals surface area contributed by atoms with Crippen LogP contribution in [0.5, 0.6) is 0 Å². The Balaban J connectivity index is 1.46. The zero-order valence-electron chi connectivity index (χ0n) is 12.0. The minimum absolute atomic E-state index is 0.907. The molecule has 0 saturated carbocycles. The van der Waals surface area contributed by atoms with Crippen LogP contribution in [-0.2, 0) is 17.7 Å². The Hall–Kier alpha value is -0.420. The summed E-state index contributed by atoms with van der Waals surface area (Å²) in [5.41, 5.74) is 3.01. The van der Waals surface area contributed by atoms with Gasteiger partial charge in [-0.25, -0.2) is 0 Å². The fourth-order valence-corrected chi connectivity index (χ4v) is 3.66. The number of nitrogens with zero attached hydrogens (tertiary/aromatic N) is 2. The number of rotatable bonds is 4. The molecule has 3 nitrogen and oxygen atoms in total. The molecule has 0 amide bonds. The molecular formula is C16H23BrN2O. The summed E-state index contributed by atoms with van der Waals surface area (Å²) in [6.45, 7) is 8.74. The van der Waals surface area contributed by atoms with E-state index < -0.39 is 0 Å². The monoisotopic (exact) mass is 338 g/mol. The average Bonchev–Trinajstić information content (AvgIpc) is 2.49. The van der Waals surface area contributed by atoms with Crippen LogP contribution in [-0.4, -0.2) is 55.7 Å². The van der Waals surface area contributed by atoms with E-state index in [1.165, 1.54) is 48.1 Å². The van der Waals surface area contributed by atoms with Gasteiger partial charge < -0.3 is 4.74 Å². The van der Waals surface area contributed by atoms with E-state index in [9.17, 15) is 0 Å². The molecule has 1 aromatic rings. The van der Waals surface area contributed by atoms with Crippen molar-refractivity contribution in [2.45, 2.75) is 19.4 Å². The standard InChI is InChI=1S/C16H23BrN2O/c17-16-4-1-3-14-5-8-19(13-15(14)16)7-2-6-18-9-11-20-12-10-18/h1,3-4H,2,5-13H2. The molecule has 0 N–H and O–H groups in total. The second-order valence-electron chi connectivity index (χ2n) is 5.71. The van der Waals surface area contributed by atoms with Gasteiger partial charge in [0.15, 0.2) is 0 Å². The van der Waals surface area contributed by atoms with Gasteiger partial charge in [0, 0.05) is 30.7 Å². The Kier molecular flexibility index (Phi) is 5.10. The van der Waals surface area contributed by atoms with Gasteiger partial charge in [0.05, 0.1) is 13.2 Å². The quantitative estimate of drug-likeness (QED) is 0.838. The van der Waals surface area contributed by atoms with Gasteiger partial charge in [-0.05, 0) is 43.1 Å². The van der Waals surface area contributed by atoms with Gasteiger partial charge >= 0.3 is 0 Å². The molecule has 1 fully saturated rings. The van der Waals surface area contributed by atoms with E-state index in [1.807, 2.05) is 0 Å². The predicted molar refractivity (Wildman–Crippen MR) is 85.0 cm³/mol. The Labute approximate surface area is 130 Å². The van der Waals surface area contributed by atoms with Gasteiger partial charge in [0.1, 0.15) is 0 Å². The number of hydrogen-bond donors (Lipinski definition) is 0. The molecule has 2 aliphatic rings. The summed E-state index contributed by atoms with van der Waals surface area (Å²) in [7, 11) is 0. The van der Waals surface area contributed by atoms with E-state index in [-0.39, 0.29) is 0 Å². The zero-order chi connectivity index (χ0) is 13.8. The van der Waals surface area contributed by atoms with E-state index in [1.54, 1.807) is 0 Å². The fourth-order valence-electron chi connectivity index (χ4n) is 3.13. The molecule has 1 aromatic carbocycles. The number of morpholine rings is 1. The van der Waals surface area contributed by atoms with Crippen LogP contribution in [0.2, 0.25) is 0 Å². The highest BCUT2D eigenvalue weighted by molar-refractivity contribution is 9.10. The van der Waals surface area contributed by atoms with Crippen LogP contribution in [0.4, 0.5) is 0 Å². The molecule has 0 unspecified atom stereocenters. The molecule has 2 heterocycles. The highest BCUT2D eigenvalue weighted by atomic mass is 79.9. The minimum atomic E-state index is 0.907. The first-order valence-corrected chi connectivity index (χ1v) is 8.41. The van der Waals surface area contributed by atoms with E-state index >= 15 is 0 Å². The first-order valence-electron chi connectivity index (χ1n) is 7.61. The van der Waals surface area contributed by atoms with Crippen LogP contribution >= 0.6 is 15.9 Å². The van der Waals surface area contributed by atoms with Crippen LogP contribution in [0.15, 0.2) is 22.7 Å². The third-order valence-electron chi connectivity index (χ3n) is 4.35. The van der Waals surface area contributed by atoms with Crippen molar-refractivity contribution in [1.82, 2.24) is 9.80 Å². The normalized spacial score (nSPS) is 20.9. The van der Waals surface area contributed by atoms with Gasteiger partial charge in [-0.3, -0.25) is 9.80 Å². The second kappa shape index (κ2) is 7.03. The summed E-state index contributed by atoms with van der Waals surface area (Å²) in [5, 5.41) is 0. The van der Waals surface area contributed by atoms with E-state index in [4.69, 9.17) is 4.74 Å². The molecule has 20 heavy (non-hydrogen) atoms. The van der Waals surface area contributed by atoms with Gasteiger partial charge in [0.2, 0.25) is 0 Å². The van der Waals surface area contributed by atoms with Crippen LogP contribution in [0, 0.1) is 0 Å². The summed E-state index contributed by atoms with van der Waals surface area (Å²) < 4.78 is 6.66. The van der Waals surface area contributed by atoms with Gasteiger partial charge in [-0.15, -0.1) is 0 Å². The molecule has 3 rings (SSSR count). The molecule has 2 aliphatic heterocycles. The Morgan fingerprint density at radius 2 is 1.85 bits per heavy atom. The lowest BCUT2D eigenvalue weighted by molar-refractivity contribution is 0.0359. The summed E-state index contributed by atoms with van der Waals surface area (Å²) in [6, 6.07) is 6.58. The summed E-state index contributed by atoms with van der Waals surface area (Å²) in [5.74, 6) is 0. The van der Waals surface area contributed by atoms with Crippen molar-refractivity contribution in [3.63, 3.8) is 0 Å². The van der Waals surface area contributed by atoms with Gasteiger partial charge in [-0.2, -0.15) is 0 Å². The van der Waals surface area contributed by atoms with Crippen molar-refractivity contribution in [3.8, 4) is 0 Å². The maximum atomic E-state index is 5.39. The predicted octanol–water partition coefficient (Wildman–Crippen LogP) is 2.53. The summed E-state index contributed by atoms with van der Waals surface area (Å²) in [4.78, 5) is 5.12. The number of benzene rings is 1. The van der Waals surface area contributed by atoms with Crippen molar-refractivity contribution in [2.24, 2.45) is 0 Å². The van der Waals surface area contributed by atoms with E-state index in [0.717, 1.165) is 32.8 Å². The third kappa shape index (κ3) is 3.61. The lowest BCUT2D eigenvalue weighted by Gasteiger charge is -2.31. The van der Waals surface area contributed by atoms with Gasteiger partial charge in [-0.1, -0.05) is 28.1 Å². The van der Waals surface area contributed by atoms with Crippen molar-refractivity contribution in [3.05, 3.63) is 33.8 Å². The van der Waals surface area contributed by atoms with Crippen molar-refractivity contribution in [2.75, 3.05) is 45.9 Å². The Bertz CT molecular complexity index is 446. The molecule has 0 aliphatic carbocycles. The molecule has 4 heteroatoms. The highest BCUT2D eigenvalue weighted by Crippen LogP contribution is 2.26. The molecule has 1 saturated heterocycles. The van der Waals surface area contributed by atoms with Crippen molar-refractivity contribution < 1.29 is 4.74 Å². The molecule has 0 bridgehead atoms. The molecule has 110 valence electrons. The maximum absolute atomic E-state index is 5.39. The second-order valence-corrected chi connectivity index (χ2v) is 6.57. The first kappa shape index (κ1) is 14.5. The van der Waals surface area contributed by atoms with Crippen LogP contribution < -0.4 is 0 Å². The molecule has 0 aromatic heterocycles.